The molecule has 0 bridgehead atoms. The highest BCUT2D eigenvalue weighted by Gasteiger charge is 2.05. The third-order valence-corrected chi connectivity index (χ3v) is 1.35. The van der Waals surface area contributed by atoms with Crippen LogP contribution in [0.3, 0.4) is 0 Å². The number of aliphatic carboxylic acids is 1. The Morgan fingerprint density at radius 3 is 2.50 bits per heavy atom. The van der Waals surface area contributed by atoms with Crippen LogP contribution in [0.4, 0.5) is 0 Å². The van der Waals surface area contributed by atoms with Crippen molar-refractivity contribution in [3.63, 3.8) is 0 Å². The van der Waals surface area contributed by atoms with Crippen LogP contribution in [-0.4, -0.2) is 16.9 Å². The summed E-state index contributed by atoms with van der Waals surface area (Å²) in [7, 11) is 0. The van der Waals surface area contributed by atoms with Gasteiger partial charge in [-0.15, -0.1) is 0 Å². The molecule has 3 nitrogen and oxygen atoms in total. The van der Waals surface area contributed by atoms with Gasteiger partial charge in [0, 0.05) is 11.5 Å². The second-order valence-corrected chi connectivity index (χ2v) is 3.03. The highest BCUT2D eigenvalue weighted by molar-refractivity contribution is 6.29. The van der Waals surface area contributed by atoms with E-state index in [1.54, 1.807) is 13.0 Å². The van der Waals surface area contributed by atoms with Crippen molar-refractivity contribution in [1.82, 2.24) is 0 Å². The Labute approximate surface area is 76.0 Å². The van der Waals surface area contributed by atoms with Gasteiger partial charge in [-0.25, -0.2) is 0 Å². The zero-order valence-corrected chi connectivity index (χ0v) is 7.60. The van der Waals surface area contributed by atoms with Gasteiger partial charge in [0.25, 0.3) is 0 Å². The van der Waals surface area contributed by atoms with Gasteiger partial charge < -0.3 is 5.11 Å². The molecule has 0 rings (SSSR count). The zero-order chi connectivity index (χ0) is 9.56. The van der Waals surface area contributed by atoms with Crippen LogP contribution in [0.25, 0.3) is 0 Å². The molecule has 0 aromatic carbocycles. The molecule has 0 spiro atoms. The standard InChI is InChI=1S/C8H11ClO3/c1-6(9)3-2-4-7(10)5-8(11)12/h3H,2,4-5H2,1H3,(H,11,12). The van der Waals surface area contributed by atoms with Crippen molar-refractivity contribution in [2.45, 2.75) is 26.2 Å². The maximum Gasteiger partial charge on any atom is 0.310 e. The van der Waals surface area contributed by atoms with Crippen LogP contribution in [0.2, 0.25) is 0 Å². The van der Waals surface area contributed by atoms with Crippen molar-refractivity contribution < 1.29 is 14.7 Å². The number of halogens is 1. The minimum Gasteiger partial charge on any atom is -0.481 e. The number of ketones is 1. The Morgan fingerprint density at radius 2 is 2.08 bits per heavy atom. The number of carbonyl (C=O) groups excluding carboxylic acids is 1. The summed E-state index contributed by atoms with van der Waals surface area (Å²) in [6.07, 6.45) is 2.06. The second kappa shape index (κ2) is 5.77. The van der Waals surface area contributed by atoms with Gasteiger partial charge in [-0.05, 0) is 13.3 Å². The summed E-state index contributed by atoms with van der Waals surface area (Å²) in [5.41, 5.74) is 0. The minimum absolute atomic E-state index is 0.246. The van der Waals surface area contributed by atoms with Crippen LogP contribution in [0.1, 0.15) is 26.2 Å². The normalized spacial score (nSPS) is 11.3. The van der Waals surface area contributed by atoms with Gasteiger partial charge in [0.05, 0.1) is 0 Å². The van der Waals surface area contributed by atoms with E-state index in [0.717, 1.165) is 0 Å². The van der Waals surface area contributed by atoms with Gasteiger partial charge in [0.1, 0.15) is 12.2 Å². The summed E-state index contributed by atoms with van der Waals surface area (Å²) >= 11 is 5.50. The molecule has 0 aromatic heterocycles. The number of hydrogen-bond acceptors (Lipinski definition) is 2. The first-order valence-corrected chi connectivity index (χ1v) is 3.96. The molecule has 0 aromatic rings. The molecular weight excluding hydrogens is 180 g/mol. The van der Waals surface area contributed by atoms with Crippen molar-refractivity contribution in [1.29, 1.82) is 0 Å². The Bertz CT molecular complexity index is 204. The molecule has 0 atom stereocenters. The lowest BCUT2D eigenvalue weighted by Gasteiger charge is -1.93. The van der Waals surface area contributed by atoms with Crippen LogP contribution >= 0.6 is 11.6 Å². The number of carboxylic acids is 1. The molecule has 0 amide bonds. The van der Waals surface area contributed by atoms with Crippen LogP contribution in [0.15, 0.2) is 11.1 Å². The lowest BCUT2D eigenvalue weighted by molar-refractivity contribution is -0.140. The lowest BCUT2D eigenvalue weighted by atomic mass is 10.1. The predicted octanol–water partition coefficient (Wildman–Crippen LogP) is 1.95. The highest BCUT2D eigenvalue weighted by Crippen LogP contribution is 2.03. The van der Waals surface area contributed by atoms with E-state index in [0.29, 0.717) is 11.5 Å². The first-order valence-electron chi connectivity index (χ1n) is 3.58. The number of rotatable bonds is 5. The van der Waals surface area contributed by atoms with E-state index in [1.807, 2.05) is 0 Å². The maximum absolute atomic E-state index is 10.8. The van der Waals surface area contributed by atoms with Gasteiger partial charge in [-0.2, -0.15) is 0 Å². The van der Waals surface area contributed by atoms with E-state index < -0.39 is 12.4 Å². The first kappa shape index (κ1) is 11.2. The summed E-state index contributed by atoms with van der Waals surface area (Å²) in [5.74, 6) is -1.34. The van der Waals surface area contributed by atoms with Crippen LogP contribution in [0, 0.1) is 0 Å². The third-order valence-electron chi connectivity index (χ3n) is 1.20. The second-order valence-electron chi connectivity index (χ2n) is 2.44. The molecule has 0 radical (unpaired) electrons. The molecule has 0 saturated heterocycles. The number of carbonyl (C=O) groups is 2. The molecular formula is C8H11ClO3. The van der Waals surface area contributed by atoms with E-state index in [9.17, 15) is 9.59 Å². The number of carboxylic acid groups (broad SMARTS) is 1. The zero-order valence-electron chi connectivity index (χ0n) is 6.84. The number of allylic oxidation sites excluding steroid dienone is 2. The molecule has 0 aliphatic carbocycles. The van der Waals surface area contributed by atoms with Gasteiger partial charge in [0.2, 0.25) is 0 Å². The van der Waals surface area contributed by atoms with Gasteiger partial charge in [-0.3, -0.25) is 9.59 Å². The quantitative estimate of drug-likeness (QED) is 0.675. The predicted molar refractivity (Wildman–Crippen MR) is 46.1 cm³/mol. The third kappa shape index (κ3) is 7.28. The van der Waals surface area contributed by atoms with Crippen molar-refractivity contribution >= 4 is 23.4 Å². The molecule has 0 aliphatic rings. The fourth-order valence-electron chi connectivity index (χ4n) is 0.689. The molecule has 0 heterocycles. The van der Waals surface area contributed by atoms with Gasteiger partial charge in [-0.1, -0.05) is 17.7 Å². The number of hydrogen-bond donors (Lipinski definition) is 1. The molecule has 1 N–H and O–H groups in total. The van der Waals surface area contributed by atoms with E-state index in [4.69, 9.17) is 16.7 Å². The molecule has 4 heteroatoms. The van der Waals surface area contributed by atoms with Crippen LogP contribution < -0.4 is 0 Å². The highest BCUT2D eigenvalue weighted by atomic mass is 35.5. The minimum atomic E-state index is -1.08. The topological polar surface area (TPSA) is 54.4 Å². The molecule has 12 heavy (non-hydrogen) atoms. The molecule has 68 valence electrons. The molecule has 0 aliphatic heterocycles. The Hall–Kier alpha value is -0.830. The largest absolute Gasteiger partial charge is 0.481 e. The monoisotopic (exact) mass is 190 g/mol. The fourth-order valence-corrected chi connectivity index (χ4v) is 0.798. The molecule has 0 unspecified atom stereocenters. The van der Waals surface area contributed by atoms with Crippen molar-refractivity contribution in [3.05, 3.63) is 11.1 Å². The number of Topliss-reactive ketones (excluding diaryl/α,β-unsaturated/α-hetero) is 1. The van der Waals surface area contributed by atoms with Crippen molar-refractivity contribution in [3.8, 4) is 0 Å². The average molecular weight is 191 g/mol. The summed E-state index contributed by atoms with van der Waals surface area (Å²) in [5, 5.41) is 8.85. The Kier molecular flexibility index (Phi) is 5.37. The Morgan fingerprint density at radius 1 is 1.50 bits per heavy atom. The maximum atomic E-state index is 10.8. The van der Waals surface area contributed by atoms with Gasteiger partial charge in [0.15, 0.2) is 0 Å². The van der Waals surface area contributed by atoms with Crippen LogP contribution in [0.5, 0.6) is 0 Å². The molecule has 0 fully saturated rings. The summed E-state index contributed by atoms with van der Waals surface area (Å²) in [6, 6.07) is 0. The molecule has 0 saturated carbocycles. The van der Waals surface area contributed by atoms with Crippen molar-refractivity contribution in [2.75, 3.05) is 0 Å². The van der Waals surface area contributed by atoms with Crippen molar-refractivity contribution in [2.24, 2.45) is 0 Å². The SMILES string of the molecule is CC(Cl)=CCCC(=O)CC(=O)O. The van der Waals surface area contributed by atoms with E-state index in [2.05, 4.69) is 0 Å². The van der Waals surface area contributed by atoms with Gasteiger partial charge >= 0.3 is 5.97 Å². The summed E-state index contributed by atoms with van der Waals surface area (Å²) in [4.78, 5) is 20.8. The van der Waals surface area contributed by atoms with E-state index >= 15 is 0 Å². The summed E-state index contributed by atoms with van der Waals surface area (Å²) < 4.78 is 0. The summed E-state index contributed by atoms with van der Waals surface area (Å²) in [6.45, 7) is 1.71. The fraction of sp³-hybridized carbons (Fsp3) is 0.500. The van der Waals surface area contributed by atoms with Crippen LogP contribution in [-0.2, 0) is 9.59 Å². The lowest BCUT2D eigenvalue weighted by Crippen LogP contribution is -2.05. The first-order chi connectivity index (χ1) is 5.52. The smallest absolute Gasteiger partial charge is 0.310 e. The van der Waals surface area contributed by atoms with E-state index in [1.165, 1.54) is 0 Å². The van der Waals surface area contributed by atoms with E-state index in [-0.39, 0.29) is 12.2 Å². The Balaban J connectivity index is 3.58. The average Bonchev–Trinajstić information content (AvgIpc) is 1.84.